The number of rotatable bonds is 11. The summed E-state index contributed by atoms with van der Waals surface area (Å²) in [6.07, 6.45) is 2.76. The molecule has 1 aromatic heterocycles. The molecule has 0 radical (unpaired) electrons. The molecule has 3 aromatic rings. The van der Waals surface area contributed by atoms with E-state index in [1.54, 1.807) is 42.6 Å². The fourth-order valence-electron chi connectivity index (χ4n) is 5.36. The van der Waals surface area contributed by atoms with Crippen molar-refractivity contribution in [2.45, 2.75) is 46.8 Å². The number of hydrogen-bond acceptors (Lipinski definition) is 10. The molecule has 2 fully saturated rings. The van der Waals surface area contributed by atoms with Crippen molar-refractivity contribution >= 4 is 30.8 Å². The Morgan fingerprint density at radius 1 is 1.10 bits per heavy atom. The Kier molecular flexibility index (Phi) is 8.95. The molecule has 0 bridgehead atoms. The Balaban J connectivity index is 1.09. The van der Waals surface area contributed by atoms with E-state index in [-0.39, 0.29) is 29.0 Å². The van der Waals surface area contributed by atoms with Crippen LogP contribution in [-0.4, -0.2) is 94.9 Å². The minimum atomic E-state index is -3.63. The minimum absolute atomic E-state index is 0.0167. The van der Waals surface area contributed by atoms with Crippen LogP contribution in [0.5, 0.6) is 5.75 Å². The number of fused-ring (bicyclic) bond motifs is 1. The molecular weight excluding hydrogens is 570 g/mol. The van der Waals surface area contributed by atoms with Crippen LogP contribution >= 0.6 is 0 Å². The zero-order valence-electron chi connectivity index (χ0n) is 22.8. The molecule has 2 saturated heterocycles. The number of ether oxygens (including phenoxy) is 3. The quantitative estimate of drug-likeness (QED) is 0.333. The van der Waals surface area contributed by atoms with Gasteiger partial charge in [0.15, 0.2) is 5.94 Å². The third kappa shape index (κ3) is 6.88. The Bertz CT molecular complexity index is 1570. The average Bonchev–Trinajstić information content (AvgIpc) is 3.37. The first-order valence-corrected chi connectivity index (χ1v) is 16.5. The van der Waals surface area contributed by atoms with Gasteiger partial charge in [-0.25, -0.2) is 16.8 Å². The van der Waals surface area contributed by atoms with Gasteiger partial charge in [-0.2, -0.15) is 4.31 Å². The van der Waals surface area contributed by atoms with Crippen LogP contribution in [-0.2, 0) is 29.3 Å². The van der Waals surface area contributed by atoms with Crippen molar-refractivity contribution in [2.24, 2.45) is 0 Å². The normalized spacial score (nSPS) is 20.4. The molecule has 1 spiro atoms. The largest absolute Gasteiger partial charge is 0.491 e. The first kappa shape index (κ1) is 29.8. The number of benzene rings is 2. The Labute approximate surface area is 240 Å². The van der Waals surface area contributed by atoms with Crippen molar-refractivity contribution in [1.82, 2.24) is 14.6 Å². The summed E-state index contributed by atoms with van der Waals surface area (Å²) in [7, 11) is -5.88. The molecule has 0 saturated carbocycles. The number of nitrogens with one attached hydrogen (secondary N) is 1. The molecule has 2 N–H and O–H groups in total. The highest BCUT2D eigenvalue weighted by Gasteiger charge is 2.44. The van der Waals surface area contributed by atoms with Crippen LogP contribution < -0.4 is 10.1 Å². The summed E-state index contributed by atoms with van der Waals surface area (Å²) in [5, 5.41) is 14.5. The van der Waals surface area contributed by atoms with Gasteiger partial charge in [0.25, 0.3) is 0 Å². The van der Waals surface area contributed by atoms with Gasteiger partial charge in [0.05, 0.1) is 27.5 Å². The second-order valence-electron chi connectivity index (χ2n) is 10.5. The summed E-state index contributed by atoms with van der Waals surface area (Å²) in [5.41, 5.74) is 0.355. The number of aliphatic hydroxyl groups is 1. The topological polar surface area (TPSA) is 144 Å². The SMILES string of the molecule is COCS(=O)(=O)c1cccc(OCC(O)CN[C@H]2COC3(CCN(S(=O)(=O)c4ccc5ncccc5c4)CC3)C2)c1. The Hall–Kier alpha value is -2.65. The van der Waals surface area contributed by atoms with Crippen molar-refractivity contribution in [3.8, 4) is 5.75 Å². The van der Waals surface area contributed by atoms with E-state index in [4.69, 9.17) is 14.2 Å². The van der Waals surface area contributed by atoms with Gasteiger partial charge < -0.3 is 24.6 Å². The minimum Gasteiger partial charge on any atom is -0.491 e. The van der Waals surface area contributed by atoms with Gasteiger partial charge in [0.1, 0.15) is 18.5 Å². The van der Waals surface area contributed by atoms with E-state index < -0.39 is 37.5 Å². The van der Waals surface area contributed by atoms with E-state index in [2.05, 4.69) is 10.3 Å². The van der Waals surface area contributed by atoms with Gasteiger partial charge in [0, 0.05) is 44.4 Å². The van der Waals surface area contributed by atoms with Crippen molar-refractivity contribution in [3.63, 3.8) is 0 Å². The summed E-state index contributed by atoms with van der Waals surface area (Å²) in [6, 6.07) is 14.7. The van der Waals surface area contributed by atoms with Crippen LogP contribution in [0.15, 0.2) is 70.6 Å². The number of sulfone groups is 1. The maximum absolute atomic E-state index is 13.3. The van der Waals surface area contributed by atoms with Gasteiger partial charge in [-0.05, 0) is 61.7 Å². The molecule has 11 nitrogen and oxygen atoms in total. The van der Waals surface area contributed by atoms with Gasteiger partial charge in [-0.1, -0.05) is 12.1 Å². The zero-order valence-corrected chi connectivity index (χ0v) is 24.4. The lowest BCUT2D eigenvalue weighted by Gasteiger charge is -2.38. The molecule has 0 amide bonds. The molecule has 1 unspecified atom stereocenters. The lowest BCUT2D eigenvalue weighted by molar-refractivity contribution is -0.0312. The lowest BCUT2D eigenvalue weighted by Crippen LogP contribution is -2.47. The second kappa shape index (κ2) is 12.3. The summed E-state index contributed by atoms with van der Waals surface area (Å²) in [4.78, 5) is 4.61. The second-order valence-corrected chi connectivity index (χ2v) is 14.4. The van der Waals surface area contributed by atoms with Gasteiger partial charge in [-0.15, -0.1) is 0 Å². The van der Waals surface area contributed by atoms with Crippen LogP contribution in [0, 0.1) is 0 Å². The van der Waals surface area contributed by atoms with E-state index in [1.807, 2.05) is 6.07 Å². The van der Waals surface area contributed by atoms with Crippen molar-refractivity contribution in [3.05, 3.63) is 60.8 Å². The smallest absolute Gasteiger partial charge is 0.243 e. The van der Waals surface area contributed by atoms with Gasteiger partial charge in [-0.3, -0.25) is 4.98 Å². The number of nitrogens with zero attached hydrogens (tertiary/aromatic N) is 2. The highest BCUT2D eigenvalue weighted by molar-refractivity contribution is 7.91. The van der Waals surface area contributed by atoms with Crippen molar-refractivity contribution in [1.29, 1.82) is 0 Å². The van der Waals surface area contributed by atoms with Crippen LogP contribution in [0.25, 0.3) is 10.9 Å². The molecule has 5 rings (SSSR count). The van der Waals surface area contributed by atoms with Crippen molar-refractivity contribution in [2.75, 3.05) is 45.9 Å². The maximum Gasteiger partial charge on any atom is 0.243 e. The first-order chi connectivity index (χ1) is 19.6. The molecule has 2 aromatic carbocycles. The number of aromatic nitrogens is 1. The molecular formula is C28H35N3O8S2. The van der Waals surface area contributed by atoms with Crippen LogP contribution in [0.1, 0.15) is 19.3 Å². The summed E-state index contributed by atoms with van der Waals surface area (Å²) < 4.78 is 69.1. The lowest BCUT2D eigenvalue weighted by atomic mass is 9.88. The third-order valence-corrected chi connectivity index (χ3v) is 11.0. The van der Waals surface area contributed by atoms with Gasteiger partial charge >= 0.3 is 0 Å². The van der Waals surface area contributed by atoms with E-state index >= 15 is 0 Å². The van der Waals surface area contributed by atoms with Crippen LogP contribution in [0.4, 0.5) is 0 Å². The van der Waals surface area contributed by atoms with E-state index in [0.29, 0.717) is 38.3 Å². The van der Waals surface area contributed by atoms with Crippen LogP contribution in [0.3, 0.4) is 0 Å². The predicted octanol–water partition coefficient (Wildman–Crippen LogP) is 1.95. The molecule has 3 heterocycles. The van der Waals surface area contributed by atoms with E-state index in [0.717, 1.165) is 17.3 Å². The summed E-state index contributed by atoms with van der Waals surface area (Å²) in [6.45, 7) is 1.46. The van der Waals surface area contributed by atoms with Crippen molar-refractivity contribution < 1.29 is 36.2 Å². The molecule has 2 aliphatic heterocycles. The molecule has 0 aliphatic carbocycles. The average molecular weight is 606 g/mol. The van der Waals surface area contributed by atoms with E-state index in [1.165, 1.54) is 23.5 Å². The first-order valence-electron chi connectivity index (χ1n) is 13.5. The molecule has 2 atom stereocenters. The summed E-state index contributed by atoms with van der Waals surface area (Å²) >= 11 is 0. The predicted molar refractivity (Wildman–Crippen MR) is 152 cm³/mol. The highest BCUT2D eigenvalue weighted by Crippen LogP contribution is 2.37. The maximum atomic E-state index is 13.3. The number of methoxy groups -OCH3 is 1. The number of piperidine rings is 1. The zero-order chi connectivity index (χ0) is 29.1. The monoisotopic (exact) mass is 605 g/mol. The number of aliphatic hydroxyl groups excluding tert-OH is 1. The molecule has 41 heavy (non-hydrogen) atoms. The Morgan fingerprint density at radius 3 is 2.68 bits per heavy atom. The number of hydrogen-bond donors (Lipinski definition) is 2. The van der Waals surface area contributed by atoms with E-state index in [9.17, 15) is 21.9 Å². The summed E-state index contributed by atoms with van der Waals surface area (Å²) in [5.74, 6) is -0.0871. The molecule has 222 valence electrons. The number of pyridine rings is 1. The fourth-order valence-corrected chi connectivity index (χ4v) is 7.86. The number of sulfonamides is 1. The molecule has 2 aliphatic rings. The molecule has 13 heteroatoms. The third-order valence-electron chi connectivity index (χ3n) is 7.58. The highest BCUT2D eigenvalue weighted by atomic mass is 32.2. The van der Waals surface area contributed by atoms with Crippen LogP contribution in [0.2, 0.25) is 0 Å². The fraction of sp³-hybridized carbons (Fsp3) is 0.464. The Morgan fingerprint density at radius 2 is 1.90 bits per heavy atom. The standard InChI is InChI=1S/C28H35N3O8S2/c1-37-20-40(33,34)25-6-2-5-24(15-25)38-19-23(32)17-30-22-16-28(39-18-22)9-12-31(13-10-28)41(35,36)26-7-8-27-21(14-26)4-3-11-29-27/h2-8,11,14-15,22-23,30,32H,9-10,12-13,16-20H2,1H3/t22-,23?/m1/s1. The van der Waals surface area contributed by atoms with Gasteiger partial charge in [0.2, 0.25) is 19.9 Å².